The summed E-state index contributed by atoms with van der Waals surface area (Å²) in [7, 11) is 0. The molecule has 2 aromatic carbocycles. The molecule has 0 aromatic heterocycles. The maximum Gasteiger partial charge on any atom is 0.311 e. The van der Waals surface area contributed by atoms with Crippen LogP contribution >= 0.6 is 0 Å². The fraction of sp³-hybridized carbons (Fsp3) is 0.435. The number of carbonyl (C=O) groups is 1. The first-order chi connectivity index (χ1) is 14.4. The highest BCUT2D eigenvalue weighted by molar-refractivity contribution is 5.73. The molecule has 1 aliphatic heterocycles. The number of carbonyl (C=O) groups excluding carboxylic acids is 1. The van der Waals surface area contributed by atoms with Crippen LogP contribution in [0.5, 0.6) is 28.7 Å². The van der Waals surface area contributed by atoms with E-state index >= 15 is 0 Å². The highest BCUT2D eigenvalue weighted by Crippen LogP contribution is 2.43. The van der Waals surface area contributed by atoms with Crippen LogP contribution in [0, 0.1) is 0 Å². The Bertz CT molecular complexity index is 893. The van der Waals surface area contributed by atoms with Crippen molar-refractivity contribution >= 4 is 5.97 Å². The predicted molar refractivity (Wildman–Crippen MR) is 110 cm³/mol. The molecule has 0 saturated carbocycles. The van der Waals surface area contributed by atoms with Crippen molar-refractivity contribution in [1.82, 2.24) is 0 Å². The van der Waals surface area contributed by atoms with Gasteiger partial charge in [-0.25, -0.2) is 0 Å². The molecule has 1 heterocycles. The number of benzene rings is 2. The Kier molecular flexibility index (Phi) is 7.05. The minimum atomic E-state index is -0.969. The largest absolute Gasteiger partial charge is 0.507 e. The number of aromatic hydroxyl groups is 3. The monoisotopic (exact) mass is 416 g/mol. The Hall–Kier alpha value is -2.93. The van der Waals surface area contributed by atoms with E-state index in [2.05, 4.69) is 6.92 Å². The maximum atomic E-state index is 12.1. The number of fused-ring (bicyclic) bond motifs is 1. The number of esters is 1. The van der Waals surface area contributed by atoms with Gasteiger partial charge >= 0.3 is 5.97 Å². The summed E-state index contributed by atoms with van der Waals surface area (Å²) in [6, 6.07) is 7.03. The lowest BCUT2D eigenvalue weighted by atomic mass is 9.94. The van der Waals surface area contributed by atoms with E-state index in [0.717, 1.165) is 32.1 Å². The highest BCUT2D eigenvalue weighted by atomic mass is 16.5. The minimum absolute atomic E-state index is 0.121. The van der Waals surface area contributed by atoms with Gasteiger partial charge in [0, 0.05) is 30.5 Å². The summed E-state index contributed by atoms with van der Waals surface area (Å²) in [6.45, 7) is 2.13. The van der Waals surface area contributed by atoms with Crippen molar-refractivity contribution in [2.45, 2.75) is 64.1 Å². The number of hydrogen-bond acceptors (Lipinski definition) is 7. The number of unbranched alkanes of at least 4 members (excludes halogenated alkanes) is 4. The maximum absolute atomic E-state index is 12.1. The Balaban J connectivity index is 1.70. The lowest BCUT2D eigenvalue weighted by molar-refractivity contribution is -0.134. The van der Waals surface area contributed by atoms with E-state index in [1.165, 1.54) is 30.3 Å². The summed E-state index contributed by atoms with van der Waals surface area (Å²) in [5, 5.41) is 40.0. The number of phenolic OH excluding ortho intramolecular Hbond substituents is 3. The molecule has 4 N–H and O–H groups in total. The Morgan fingerprint density at radius 3 is 2.53 bits per heavy atom. The zero-order chi connectivity index (χ0) is 21.7. The minimum Gasteiger partial charge on any atom is -0.507 e. The summed E-state index contributed by atoms with van der Waals surface area (Å²) in [5.41, 5.74) is 0.888. The number of aliphatic hydroxyl groups excluding tert-OH is 1. The summed E-state index contributed by atoms with van der Waals surface area (Å²) in [6.07, 6.45) is 3.75. The third kappa shape index (κ3) is 5.16. The smallest absolute Gasteiger partial charge is 0.311 e. The van der Waals surface area contributed by atoms with Crippen LogP contribution in [0.4, 0.5) is 0 Å². The second-order valence-corrected chi connectivity index (χ2v) is 7.62. The van der Waals surface area contributed by atoms with Gasteiger partial charge in [0.15, 0.2) is 11.5 Å². The third-order valence-corrected chi connectivity index (χ3v) is 5.22. The van der Waals surface area contributed by atoms with Gasteiger partial charge in [0.25, 0.3) is 0 Å². The summed E-state index contributed by atoms with van der Waals surface area (Å²) >= 11 is 0. The van der Waals surface area contributed by atoms with Gasteiger partial charge < -0.3 is 29.9 Å². The third-order valence-electron chi connectivity index (χ3n) is 5.22. The fourth-order valence-electron chi connectivity index (χ4n) is 3.57. The number of aliphatic hydroxyl groups is 1. The molecule has 7 nitrogen and oxygen atoms in total. The van der Waals surface area contributed by atoms with E-state index in [9.17, 15) is 25.2 Å². The summed E-state index contributed by atoms with van der Waals surface area (Å²) in [4.78, 5) is 12.1. The van der Waals surface area contributed by atoms with Gasteiger partial charge in [0.1, 0.15) is 23.4 Å². The van der Waals surface area contributed by atoms with Crippen molar-refractivity contribution in [3.63, 3.8) is 0 Å². The quantitative estimate of drug-likeness (QED) is 0.221. The van der Waals surface area contributed by atoms with Crippen LogP contribution in [0.25, 0.3) is 0 Å². The standard InChI is InChI=1S/C23H28O7/c1-2-3-4-5-6-7-22(28)29-15-11-18(25)16-13-20(27)23(30-21(16)12-15)14-8-9-17(24)19(26)10-14/h8-12,20,23-27H,2-7,13H2,1H3/t20-,23-/m0/s1. The van der Waals surface area contributed by atoms with E-state index in [0.29, 0.717) is 23.3 Å². The molecule has 1 aliphatic rings. The average Bonchev–Trinajstić information content (AvgIpc) is 2.70. The van der Waals surface area contributed by atoms with Gasteiger partial charge in [-0.15, -0.1) is 0 Å². The summed E-state index contributed by atoms with van der Waals surface area (Å²) in [5.74, 6) is -0.618. The molecule has 0 radical (unpaired) electrons. The zero-order valence-corrected chi connectivity index (χ0v) is 17.0. The van der Waals surface area contributed by atoms with Crippen LogP contribution in [0.1, 0.15) is 62.7 Å². The van der Waals surface area contributed by atoms with E-state index in [-0.39, 0.29) is 35.4 Å². The first-order valence-electron chi connectivity index (χ1n) is 10.3. The molecule has 0 amide bonds. The summed E-state index contributed by atoms with van der Waals surface area (Å²) < 4.78 is 11.2. The van der Waals surface area contributed by atoms with Crippen molar-refractivity contribution < 1.29 is 34.7 Å². The molecule has 0 bridgehead atoms. The molecule has 30 heavy (non-hydrogen) atoms. The normalized spacial score (nSPS) is 17.8. The predicted octanol–water partition coefficient (Wildman–Crippen LogP) is 4.11. The van der Waals surface area contributed by atoms with Crippen LogP contribution in [0.15, 0.2) is 30.3 Å². The van der Waals surface area contributed by atoms with Crippen LogP contribution < -0.4 is 9.47 Å². The average molecular weight is 416 g/mol. The van der Waals surface area contributed by atoms with Crippen LogP contribution in [0.2, 0.25) is 0 Å². The molecule has 0 unspecified atom stereocenters. The van der Waals surface area contributed by atoms with Gasteiger partial charge in [-0.3, -0.25) is 4.79 Å². The van der Waals surface area contributed by atoms with Gasteiger partial charge in [-0.05, 0) is 24.1 Å². The first-order valence-corrected chi connectivity index (χ1v) is 10.3. The van der Waals surface area contributed by atoms with Gasteiger partial charge in [0.05, 0.1) is 6.10 Å². The molecule has 2 aromatic rings. The van der Waals surface area contributed by atoms with E-state index in [4.69, 9.17) is 9.47 Å². The molecule has 0 saturated heterocycles. The Morgan fingerprint density at radius 2 is 1.80 bits per heavy atom. The molecular weight excluding hydrogens is 388 g/mol. The van der Waals surface area contributed by atoms with Crippen molar-refractivity contribution in [2.24, 2.45) is 0 Å². The van der Waals surface area contributed by atoms with Crippen LogP contribution in [0.3, 0.4) is 0 Å². The molecule has 162 valence electrons. The van der Waals surface area contributed by atoms with Crippen molar-refractivity contribution in [3.8, 4) is 28.7 Å². The van der Waals surface area contributed by atoms with Gasteiger partial charge in [0.2, 0.25) is 0 Å². The molecule has 0 fully saturated rings. The van der Waals surface area contributed by atoms with Crippen molar-refractivity contribution in [1.29, 1.82) is 0 Å². The van der Waals surface area contributed by atoms with E-state index in [1.807, 2.05) is 0 Å². The molecule has 0 spiro atoms. The lowest BCUT2D eigenvalue weighted by Gasteiger charge is -2.31. The molecular formula is C23H28O7. The lowest BCUT2D eigenvalue weighted by Crippen LogP contribution is -2.30. The fourth-order valence-corrected chi connectivity index (χ4v) is 3.57. The van der Waals surface area contributed by atoms with Crippen molar-refractivity contribution in [3.05, 3.63) is 41.5 Å². The topological polar surface area (TPSA) is 116 Å². The Labute approximate surface area is 175 Å². The molecule has 2 atom stereocenters. The number of rotatable bonds is 8. The van der Waals surface area contributed by atoms with Crippen molar-refractivity contribution in [2.75, 3.05) is 0 Å². The second kappa shape index (κ2) is 9.71. The highest BCUT2D eigenvalue weighted by Gasteiger charge is 2.32. The number of hydrogen-bond donors (Lipinski definition) is 4. The van der Waals surface area contributed by atoms with Crippen LogP contribution in [-0.4, -0.2) is 32.5 Å². The first kappa shape index (κ1) is 21.8. The van der Waals surface area contributed by atoms with Gasteiger partial charge in [-0.2, -0.15) is 0 Å². The van der Waals surface area contributed by atoms with E-state index in [1.54, 1.807) is 0 Å². The zero-order valence-electron chi connectivity index (χ0n) is 17.0. The molecule has 7 heteroatoms. The van der Waals surface area contributed by atoms with Gasteiger partial charge in [-0.1, -0.05) is 38.7 Å². The number of phenols is 3. The van der Waals surface area contributed by atoms with Crippen LogP contribution in [-0.2, 0) is 11.2 Å². The molecule has 3 rings (SSSR count). The SMILES string of the molecule is CCCCCCCC(=O)Oc1cc(O)c2c(c1)O[C@@H](c1ccc(O)c(O)c1)[C@@H](O)C2. The molecule has 0 aliphatic carbocycles. The second-order valence-electron chi connectivity index (χ2n) is 7.62. The Morgan fingerprint density at radius 1 is 1.03 bits per heavy atom. The van der Waals surface area contributed by atoms with E-state index < -0.39 is 12.2 Å². The number of ether oxygens (including phenoxy) is 2.